The van der Waals surface area contributed by atoms with Gasteiger partial charge in [0.25, 0.3) is 0 Å². The zero-order valence-electron chi connectivity index (χ0n) is 11.0. The Kier molecular flexibility index (Phi) is 3.74. The largest absolute Gasteiger partial charge is 0.475 e. The van der Waals surface area contributed by atoms with Gasteiger partial charge in [-0.1, -0.05) is 6.07 Å². The van der Waals surface area contributed by atoms with Crippen LogP contribution in [0.15, 0.2) is 22.6 Å². The Hall–Kier alpha value is -2.37. The number of hydrogen-bond donors (Lipinski definition) is 2. The lowest BCUT2D eigenvalue weighted by molar-refractivity contribution is 0.0661. The summed E-state index contributed by atoms with van der Waals surface area (Å²) >= 11 is 0. The number of furan rings is 1. The number of rotatable bonds is 4. The number of carbonyl (C=O) groups is 1. The van der Waals surface area contributed by atoms with Crippen LogP contribution in [0.5, 0.6) is 0 Å². The minimum atomic E-state index is -1.19. The summed E-state index contributed by atoms with van der Waals surface area (Å²) in [5.41, 5.74) is 0.620. The van der Waals surface area contributed by atoms with E-state index in [1.165, 1.54) is 25.1 Å². The number of aryl methyl sites for hydroxylation is 2. The van der Waals surface area contributed by atoms with E-state index in [-0.39, 0.29) is 18.0 Å². The van der Waals surface area contributed by atoms with E-state index in [1.54, 1.807) is 6.92 Å². The van der Waals surface area contributed by atoms with Crippen LogP contribution in [0.2, 0.25) is 0 Å². The third-order valence-corrected chi connectivity index (χ3v) is 2.97. The van der Waals surface area contributed by atoms with Crippen molar-refractivity contribution in [2.75, 3.05) is 5.32 Å². The topological polar surface area (TPSA) is 62.5 Å². The zero-order chi connectivity index (χ0) is 14.9. The van der Waals surface area contributed by atoms with Crippen molar-refractivity contribution in [3.63, 3.8) is 0 Å². The Morgan fingerprint density at radius 3 is 2.65 bits per heavy atom. The van der Waals surface area contributed by atoms with E-state index in [9.17, 15) is 13.6 Å². The molecule has 0 saturated carbocycles. The molecule has 0 fully saturated rings. The lowest BCUT2D eigenvalue weighted by Crippen LogP contribution is -2.05. The Bertz CT molecular complexity index is 665. The van der Waals surface area contributed by atoms with E-state index in [2.05, 4.69) is 5.32 Å². The Morgan fingerprint density at radius 2 is 2.05 bits per heavy atom. The highest BCUT2D eigenvalue weighted by Gasteiger charge is 2.15. The van der Waals surface area contributed by atoms with Crippen LogP contribution < -0.4 is 5.32 Å². The van der Waals surface area contributed by atoms with Gasteiger partial charge in [-0.3, -0.25) is 0 Å². The van der Waals surface area contributed by atoms with Crippen LogP contribution in [0.1, 0.15) is 27.4 Å². The molecule has 4 nitrogen and oxygen atoms in total. The minimum absolute atomic E-state index is 0.0694. The summed E-state index contributed by atoms with van der Waals surface area (Å²) in [6.45, 7) is 3.19. The first-order valence-corrected chi connectivity index (χ1v) is 5.91. The number of carboxylic acids is 1. The smallest absolute Gasteiger partial charge is 0.371 e. The van der Waals surface area contributed by atoms with E-state index >= 15 is 0 Å². The summed E-state index contributed by atoms with van der Waals surface area (Å²) in [6, 6.07) is 3.85. The van der Waals surface area contributed by atoms with Crippen LogP contribution in [-0.4, -0.2) is 11.1 Å². The van der Waals surface area contributed by atoms with E-state index in [4.69, 9.17) is 9.52 Å². The number of benzene rings is 1. The van der Waals surface area contributed by atoms with Crippen molar-refractivity contribution in [3.05, 3.63) is 52.5 Å². The number of nitrogens with one attached hydrogen (secondary N) is 1. The number of carboxylic acid groups (broad SMARTS) is 1. The molecule has 0 aliphatic heterocycles. The van der Waals surface area contributed by atoms with Gasteiger partial charge in [-0.25, -0.2) is 13.6 Å². The summed E-state index contributed by atoms with van der Waals surface area (Å²) in [6.07, 6.45) is 0. The molecule has 0 spiro atoms. The molecule has 0 unspecified atom stereocenters. The highest BCUT2D eigenvalue weighted by molar-refractivity contribution is 5.84. The van der Waals surface area contributed by atoms with Gasteiger partial charge in [-0.2, -0.15) is 0 Å². The molecule has 6 heteroatoms. The van der Waals surface area contributed by atoms with Crippen molar-refractivity contribution < 1.29 is 23.1 Å². The molecule has 0 aliphatic rings. The van der Waals surface area contributed by atoms with Gasteiger partial charge >= 0.3 is 5.97 Å². The normalized spacial score (nSPS) is 10.6. The van der Waals surface area contributed by atoms with Crippen molar-refractivity contribution in [2.45, 2.75) is 20.4 Å². The maximum atomic E-state index is 13.8. The molecule has 20 heavy (non-hydrogen) atoms. The van der Waals surface area contributed by atoms with Crippen LogP contribution in [-0.2, 0) is 6.54 Å². The van der Waals surface area contributed by atoms with Gasteiger partial charge in [0.05, 0.1) is 0 Å². The predicted octanol–water partition coefficient (Wildman–Crippen LogP) is 3.48. The fraction of sp³-hybridized carbons (Fsp3) is 0.214. The molecule has 0 amide bonds. The SMILES string of the molecule is Cc1ccc(F)c(NCc2cc(C(=O)O)oc2C)c1F. The predicted molar refractivity (Wildman–Crippen MR) is 68.8 cm³/mol. The average Bonchev–Trinajstić information content (AvgIpc) is 2.76. The number of halogens is 2. The van der Waals surface area contributed by atoms with Gasteiger partial charge in [0.1, 0.15) is 17.3 Å². The summed E-state index contributed by atoms with van der Waals surface area (Å²) in [4.78, 5) is 10.8. The minimum Gasteiger partial charge on any atom is -0.475 e. The lowest BCUT2D eigenvalue weighted by atomic mass is 10.2. The second-order valence-electron chi connectivity index (χ2n) is 4.40. The second kappa shape index (κ2) is 5.32. The van der Waals surface area contributed by atoms with Gasteiger partial charge < -0.3 is 14.8 Å². The summed E-state index contributed by atoms with van der Waals surface area (Å²) in [5.74, 6) is -2.36. The van der Waals surface area contributed by atoms with Crippen molar-refractivity contribution in [2.24, 2.45) is 0 Å². The van der Waals surface area contributed by atoms with E-state index < -0.39 is 17.6 Å². The average molecular weight is 281 g/mol. The molecular weight excluding hydrogens is 268 g/mol. The molecule has 106 valence electrons. The Morgan fingerprint density at radius 1 is 1.35 bits per heavy atom. The summed E-state index contributed by atoms with van der Waals surface area (Å²) in [7, 11) is 0. The first kappa shape index (κ1) is 14.0. The number of anilines is 1. The summed E-state index contributed by atoms with van der Waals surface area (Å²) in [5, 5.41) is 11.4. The quantitative estimate of drug-likeness (QED) is 0.900. The van der Waals surface area contributed by atoms with Crippen LogP contribution in [0, 0.1) is 25.5 Å². The van der Waals surface area contributed by atoms with E-state index in [1.807, 2.05) is 0 Å². The molecule has 0 bridgehead atoms. The van der Waals surface area contributed by atoms with Crippen molar-refractivity contribution >= 4 is 11.7 Å². The molecule has 1 aromatic heterocycles. The molecule has 0 saturated heterocycles. The van der Waals surface area contributed by atoms with Gasteiger partial charge in [0.15, 0.2) is 5.82 Å². The van der Waals surface area contributed by atoms with Crippen LogP contribution in [0.25, 0.3) is 0 Å². The van der Waals surface area contributed by atoms with E-state index in [0.717, 1.165) is 0 Å². The molecule has 2 aromatic rings. The van der Waals surface area contributed by atoms with E-state index in [0.29, 0.717) is 16.9 Å². The van der Waals surface area contributed by atoms with Crippen molar-refractivity contribution in [1.82, 2.24) is 0 Å². The maximum Gasteiger partial charge on any atom is 0.371 e. The van der Waals surface area contributed by atoms with Crippen molar-refractivity contribution in [1.29, 1.82) is 0 Å². The van der Waals surface area contributed by atoms with Crippen LogP contribution >= 0.6 is 0 Å². The maximum absolute atomic E-state index is 13.8. The summed E-state index contributed by atoms with van der Waals surface area (Å²) < 4.78 is 32.3. The third kappa shape index (κ3) is 2.64. The molecule has 1 heterocycles. The van der Waals surface area contributed by atoms with Gasteiger partial charge in [0, 0.05) is 12.1 Å². The fourth-order valence-corrected chi connectivity index (χ4v) is 1.80. The molecule has 0 radical (unpaired) electrons. The lowest BCUT2D eigenvalue weighted by Gasteiger charge is -2.09. The van der Waals surface area contributed by atoms with Crippen LogP contribution in [0.3, 0.4) is 0 Å². The fourth-order valence-electron chi connectivity index (χ4n) is 1.80. The van der Waals surface area contributed by atoms with Gasteiger partial charge in [-0.15, -0.1) is 0 Å². The van der Waals surface area contributed by atoms with Crippen LogP contribution in [0.4, 0.5) is 14.5 Å². The monoisotopic (exact) mass is 281 g/mol. The molecular formula is C14H13F2NO3. The Labute approximate surface area is 114 Å². The molecule has 0 atom stereocenters. The molecule has 2 N–H and O–H groups in total. The molecule has 0 aliphatic carbocycles. The standard InChI is InChI=1S/C14H13F2NO3/c1-7-3-4-10(15)13(12(7)16)17-6-9-5-11(14(18)19)20-8(9)2/h3-5,17H,6H2,1-2H3,(H,18,19). The first-order chi connectivity index (χ1) is 9.40. The van der Waals surface area contributed by atoms with Gasteiger partial charge in [0.2, 0.25) is 5.76 Å². The van der Waals surface area contributed by atoms with Crippen molar-refractivity contribution in [3.8, 4) is 0 Å². The second-order valence-corrected chi connectivity index (χ2v) is 4.40. The first-order valence-electron chi connectivity index (χ1n) is 5.91. The van der Waals surface area contributed by atoms with Gasteiger partial charge in [-0.05, 0) is 31.5 Å². The zero-order valence-corrected chi connectivity index (χ0v) is 11.0. The Balaban J connectivity index is 2.21. The highest BCUT2D eigenvalue weighted by atomic mass is 19.1. The highest BCUT2D eigenvalue weighted by Crippen LogP contribution is 2.23. The molecule has 2 rings (SSSR count). The third-order valence-electron chi connectivity index (χ3n) is 2.97. The molecule has 1 aromatic carbocycles. The number of aromatic carboxylic acids is 1. The number of hydrogen-bond acceptors (Lipinski definition) is 3.